The predicted octanol–water partition coefficient (Wildman–Crippen LogP) is 3.38. The van der Waals surface area contributed by atoms with Crippen LogP contribution in [0.3, 0.4) is 0 Å². The Bertz CT molecular complexity index is 956. The average molecular weight is 362 g/mol. The van der Waals surface area contributed by atoms with E-state index in [1.54, 1.807) is 18.2 Å². The molecule has 1 amide bonds. The van der Waals surface area contributed by atoms with Crippen LogP contribution in [0, 0.1) is 6.92 Å². The molecule has 1 aliphatic rings. The number of ether oxygens (including phenoxy) is 2. The Kier molecular flexibility index (Phi) is 4.57. The SMILES string of the molecule is Cc1ccc(CNc2ncc(C(=O)Nc3ccc4c(c3)OCO4)cn2)cc1. The lowest BCUT2D eigenvalue weighted by molar-refractivity contribution is 0.102. The molecule has 1 aromatic heterocycles. The van der Waals surface area contributed by atoms with Crippen molar-refractivity contribution in [2.24, 2.45) is 0 Å². The minimum Gasteiger partial charge on any atom is -0.454 e. The number of carbonyl (C=O) groups excluding carboxylic acids is 1. The molecule has 0 radical (unpaired) electrons. The fraction of sp³-hybridized carbons (Fsp3) is 0.150. The van der Waals surface area contributed by atoms with Gasteiger partial charge >= 0.3 is 0 Å². The topological polar surface area (TPSA) is 85.4 Å². The lowest BCUT2D eigenvalue weighted by Gasteiger charge is -2.07. The maximum absolute atomic E-state index is 12.4. The van der Waals surface area contributed by atoms with Crippen molar-refractivity contribution in [3.8, 4) is 11.5 Å². The molecule has 7 heteroatoms. The number of nitrogens with one attached hydrogen (secondary N) is 2. The smallest absolute Gasteiger partial charge is 0.258 e. The molecule has 2 N–H and O–H groups in total. The highest BCUT2D eigenvalue weighted by Gasteiger charge is 2.15. The Hall–Kier alpha value is -3.61. The molecule has 136 valence electrons. The molecule has 4 rings (SSSR count). The molecule has 0 saturated heterocycles. The third kappa shape index (κ3) is 3.98. The number of rotatable bonds is 5. The highest BCUT2D eigenvalue weighted by Crippen LogP contribution is 2.34. The van der Waals surface area contributed by atoms with Crippen LogP contribution in [0.1, 0.15) is 21.5 Å². The average Bonchev–Trinajstić information content (AvgIpc) is 3.16. The Labute approximate surface area is 156 Å². The summed E-state index contributed by atoms with van der Waals surface area (Å²) in [7, 11) is 0. The molecule has 1 aliphatic heterocycles. The third-order valence-electron chi connectivity index (χ3n) is 4.12. The quantitative estimate of drug-likeness (QED) is 0.724. The molecule has 0 aliphatic carbocycles. The van der Waals surface area contributed by atoms with E-state index in [-0.39, 0.29) is 12.7 Å². The molecule has 27 heavy (non-hydrogen) atoms. The largest absolute Gasteiger partial charge is 0.454 e. The number of hydrogen-bond acceptors (Lipinski definition) is 6. The summed E-state index contributed by atoms with van der Waals surface area (Å²) in [4.78, 5) is 20.8. The van der Waals surface area contributed by atoms with Crippen LogP contribution in [0.25, 0.3) is 0 Å². The van der Waals surface area contributed by atoms with E-state index in [0.29, 0.717) is 35.2 Å². The molecule has 0 unspecified atom stereocenters. The van der Waals surface area contributed by atoms with Gasteiger partial charge in [0.2, 0.25) is 12.7 Å². The number of nitrogens with zero attached hydrogens (tertiary/aromatic N) is 2. The van der Waals surface area contributed by atoms with E-state index < -0.39 is 0 Å². The van der Waals surface area contributed by atoms with Gasteiger partial charge < -0.3 is 20.1 Å². The summed E-state index contributed by atoms with van der Waals surface area (Å²) in [5.74, 6) is 1.45. The highest BCUT2D eigenvalue weighted by molar-refractivity contribution is 6.04. The van der Waals surface area contributed by atoms with Crippen molar-refractivity contribution in [2.45, 2.75) is 13.5 Å². The monoisotopic (exact) mass is 362 g/mol. The zero-order valence-corrected chi connectivity index (χ0v) is 14.7. The first-order chi connectivity index (χ1) is 13.2. The zero-order chi connectivity index (χ0) is 18.6. The number of amides is 1. The fourth-order valence-corrected chi connectivity index (χ4v) is 2.60. The number of benzene rings is 2. The second-order valence-electron chi connectivity index (χ2n) is 6.16. The minimum atomic E-state index is -0.293. The van der Waals surface area contributed by atoms with Crippen molar-refractivity contribution in [2.75, 3.05) is 17.4 Å². The molecule has 3 aromatic rings. The molecular formula is C20H18N4O3. The molecule has 0 fully saturated rings. The first kappa shape index (κ1) is 16.8. The van der Waals surface area contributed by atoms with Crippen LogP contribution >= 0.6 is 0 Å². The number of anilines is 2. The maximum Gasteiger partial charge on any atom is 0.258 e. The number of aryl methyl sites for hydroxylation is 1. The van der Waals surface area contributed by atoms with Crippen molar-refractivity contribution in [1.29, 1.82) is 0 Å². The molecule has 0 atom stereocenters. The fourth-order valence-electron chi connectivity index (χ4n) is 2.60. The van der Waals surface area contributed by atoms with Gasteiger partial charge in [0.1, 0.15) is 0 Å². The summed E-state index contributed by atoms with van der Waals surface area (Å²) < 4.78 is 10.6. The first-order valence-corrected chi connectivity index (χ1v) is 8.50. The van der Waals surface area contributed by atoms with Gasteiger partial charge in [-0.25, -0.2) is 9.97 Å². The van der Waals surface area contributed by atoms with E-state index in [1.165, 1.54) is 18.0 Å². The van der Waals surface area contributed by atoms with E-state index in [1.807, 2.05) is 6.92 Å². The van der Waals surface area contributed by atoms with E-state index in [0.717, 1.165) is 5.56 Å². The van der Waals surface area contributed by atoms with Crippen LogP contribution < -0.4 is 20.1 Å². The Morgan fingerprint density at radius 2 is 1.78 bits per heavy atom. The van der Waals surface area contributed by atoms with Crippen molar-refractivity contribution < 1.29 is 14.3 Å². The molecular weight excluding hydrogens is 344 g/mol. The maximum atomic E-state index is 12.4. The highest BCUT2D eigenvalue weighted by atomic mass is 16.7. The van der Waals surface area contributed by atoms with Crippen LogP contribution in [-0.4, -0.2) is 22.7 Å². The van der Waals surface area contributed by atoms with Gasteiger partial charge in [-0.15, -0.1) is 0 Å². The first-order valence-electron chi connectivity index (χ1n) is 8.50. The summed E-state index contributed by atoms with van der Waals surface area (Å²) in [5, 5.41) is 5.94. The third-order valence-corrected chi connectivity index (χ3v) is 4.12. The lowest BCUT2D eigenvalue weighted by atomic mass is 10.1. The Morgan fingerprint density at radius 3 is 2.56 bits per heavy atom. The molecule has 0 saturated carbocycles. The summed E-state index contributed by atoms with van der Waals surface area (Å²) in [6.45, 7) is 2.86. The van der Waals surface area contributed by atoms with Gasteiger partial charge in [0.25, 0.3) is 5.91 Å². The molecule has 7 nitrogen and oxygen atoms in total. The van der Waals surface area contributed by atoms with E-state index in [4.69, 9.17) is 9.47 Å². The van der Waals surface area contributed by atoms with Crippen LogP contribution in [0.4, 0.5) is 11.6 Å². The van der Waals surface area contributed by atoms with Crippen LogP contribution in [0.5, 0.6) is 11.5 Å². The second-order valence-corrected chi connectivity index (χ2v) is 6.16. The van der Waals surface area contributed by atoms with Crippen molar-refractivity contribution in [3.05, 3.63) is 71.5 Å². The van der Waals surface area contributed by atoms with Gasteiger partial charge in [-0.2, -0.15) is 0 Å². The normalized spacial score (nSPS) is 11.9. The van der Waals surface area contributed by atoms with E-state index in [9.17, 15) is 4.79 Å². The number of hydrogen-bond donors (Lipinski definition) is 2. The summed E-state index contributed by atoms with van der Waals surface area (Å²) in [6, 6.07) is 13.4. The van der Waals surface area contributed by atoms with Crippen LogP contribution in [0.2, 0.25) is 0 Å². The van der Waals surface area contributed by atoms with Crippen LogP contribution in [-0.2, 0) is 6.54 Å². The predicted molar refractivity (Wildman–Crippen MR) is 101 cm³/mol. The van der Waals surface area contributed by atoms with Gasteiger partial charge in [-0.05, 0) is 24.6 Å². The van der Waals surface area contributed by atoms with Gasteiger partial charge in [-0.1, -0.05) is 29.8 Å². The standard InChI is InChI=1S/C20H18N4O3/c1-13-2-4-14(5-3-13)9-21-20-22-10-15(11-23-20)19(25)24-16-6-7-17-18(8-16)27-12-26-17/h2-8,10-11H,9,12H2,1H3,(H,24,25)(H,21,22,23). The number of aromatic nitrogens is 2. The van der Waals surface area contributed by atoms with E-state index in [2.05, 4.69) is 44.9 Å². The van der Waals surface area contributed by atoms with Crippen molar-refractivity contribution in [1.82, 2.24) is 9.97 Å². The molecule has 0 bridgehead atoms. The lowest BCUT2D eigenvalue weighted by Crippen LogP contribution is -2.13. The van der Waals surface area contributed by atoms with Crippen molar-refractivity contribution in [3.63, 3.8) is 0 Å². The summed E-state index contributed by atoms with van der Waals surface area (Å²) in [5.41, 5.74) is 3.33. The molecule has 2 aromatic carbocycles. The van der Waals surface area contributed by atoms with E-state index >= 15 is 0 Å². The van der Waals surface area contributed by atoms with Crippen LogP contribution in [0.15, 0.2) is 54.9 Å². The van der Waals surface area contributed by atoms with Gasteiger partial charge in [0.15, 0.2) is 11.5 Å². The van der Waals surface area contributed by atoms with Gasteiger partial charge in [-0.3, -0.25) is 4.79 Å². The van der Waals surface area contributed by atoms with Crippen molar-refractivity contribution >= 4 is 17.5 Å². The van der Waals surface area contributed by atoms with Gasteiger partial charge in [0, 0.05) is 30.7 Å². The summed E-state index contributed by atoms with van der Waals surface area (Å²) in [6.07, 6.45) is 2.99. The zero-order valence-electron chi connectivity index (χ0n) is 14.7. The summed E-state index contributed by atoms with van der Waals surface area (Å²) >= 11 is 0. The number of carbonyl (C=O) groups is 1. The minimum absolute atomic E-state index is 0.192. The molecule has 0 spiro atoms. The van der Waals surface area contributed by atoms with Gasteiger partial charge in [0.05, 0.1) is 5.56 Å². The second kappa shape index (κ2) is 7.33. The molecule has 2 heterocycles. The Balaban J connectivity index is 1.36. The Morgan fingerprint density at radius 1 is 1.04 bits per heavy atom. The number of fused-ring (bicyclic) bond motifs is 1.